The van der Waals surface area contributed by atoms with Crippen molar-refractivity contribution in [1.29, 1.82) is 0 Å². The molecule has 0 saturated heterocycles. The van der Waals surface area contributed by atoms with Crippen LogP contribution in [0.1, 0.15) is 38.5 Å². The Hall–Kier alpha value is -0.610. The molecule has 2 N–H and O–H groups in total. The molecule has 2 fully saturated rings. The zero-order chi connectivity index (χ0) is 12.3. The maximum Gasteiger partial charge on any atom is 0.306 e. The molecule has 2 atom stereocenters. The van der Waals surface area contributed by atoms with Gasteiger partial charge < -0.3 is 15.3 Å². The van der Waals surface area contributed by atoms with Gasteiger partial charge in [-0.25, -0.2) is 0 Å². The van der Waals surface area contributed by atoms with Crippen molar-refractivity contribution in [1.82, 2.24) is 10.2 Å². The summed E-state index contributed by atoms with van der Waals surface area (Å²) in [5.74, 6) is -0.742. The summed E-state index contributed by atoms with van der Waals surface area (Å²) in [5, 5.41) is 12.5. The molecule has 2 saturated carbocycles. The zero-order valence-electron chi connectivity index (χ0n) is 10.7. The highest BCUT2D eigenvalue weighted by atomic mass is 16.4. The number of carbonyl (C=O) groups is 1. The van der Waals surface area contributed by atoms with E-state index < -0.39 is 5.97 Å². The average Bonchev–Trinajstić information content (AvgIpc) is 3.13. The average molecular weight is 240 g/mol. The first-order chi connectivity index (χ1) is 8.16. The van der Waals surface area contributed by atoms with Crippen molar-refractivity contribution in [2.24, 2.45) is 5.92 Å². The van der Waals surface area contributed by atoms with Gasteiger partial charge in [0.2, 0.25) is 0 Å². The standard InChI is InChI=1S/C13H24N2O2/c1-15(12-5-6-12)8-7-14-11-4-2-3-10(9-11)13(16)17/h10-12,14H,2-9H2,1H3,(H,16,17). The molecule has 0 bridgehead atoms. The topological polar surface area (TPSA) is 52.6 Å². The molecule has 17 heavy (non-hydrogen) atoms. The molecule has 0 radical (unpaired) electrons. The number of nitrogens with one attached hydrogen (secondary N) is 1. The van der Waals surface area contributed by atoms with E-state index in [1.54, 1.807) is 0 Å². The third kappa shape index (κ3) is 3.96. The monoisotopic (exact) mass is 240 g/mol. The van der Waals surface area contributed by atoms with Crippen LogP contribution in [-0.2, 0) is 4.79 Å². The minimum absolute atomic E-state index is 0.123. The largest absolute Gasteiger partial charge is 0.481 e. The fraction of sp³-hybridized carbons (Fsp3) is 0.923. The van der Waals surface area contributed by atoms with E-state index in [1.807, 2.05) is 0 Å². The quantitative estimate of drug-likeness (QED) is 0.735. The van der Waals surface area contributed by atoms with Crippen LogP contribution in [-0.4, -0.2) is 48.2 Å². The van der Waals surface area contributed by atoms with Crippen molar-refractivity contribution in [3.05, 3.63) is 0 Å². The third-order valence-corrected chi connectivity index (χ3v) is 4.09. The molecule has 2 unspecified atom stereocenters. The summed E-state index contributed by atoms with van der Waals surface area (Å²) >= 11 is 0. The van der Waals surface area contributed by atoms with Crippen molar-refractivity contribution in [2.45, 2.75) is 50.6 Å². The Morgan fingerprint density at radius 1 is 1.35 bits per heavy atom. The van der Waals surface area contributed by atoms with Crippen molar-refractivity contribution in [3.63, 3.8) is 0 Å². The second kappa shape index (κ2) is 5.83. The van der Waals surface area contributed by atoms with Crippen molar-refractivity contribution in [2.75, 3.05) is 20.1 Å². The Kier molecular flexibility index (Phi) is 4.40. The second-order valence-corrected chi connectivity index (χ2v) is 5.56. The SMILES string of the molecule is CN(CCNC1CCCC(C(=O)O)C1)C1CC1. The predicted molar refractivity (Wildman–Crippen MR) is 67.0 cm³/mol. The van der Waals surface area contributed by atoms with E-state index in [9.17, 15) is 4.79 Å². The summed E-state index contributed by atoms with van der Waals surface area (Å²) in [4.78, 5) is 13.4. The van der Waals surface area contributed by atoms with E-state index in [1.165, 1.54) is 12.8 Å². The van der Waals surface area contributed by atoms with E-state index in [2.05, 4.69) is 17.3 Å². The van der Waals surface area contributed by atoms with Crippen molar-refractivity contribution >= 4 is 5.97 Å². The minimum atomic E-state index is -0.619. The summed E-state index contributed by atoms with van der Waals surface area (Å²) in [6, 6.07) is 1.23. The van der Waals surface area contributed by atoms with Crippen molar-refractivity contribution in [3.8, 4) is 0 Å². The molecular weight excluding hydrogens is 216 g/mol. The van der Waals surface area contributed by atoms with E-state index in [4.69, 9.17) is 5.11 Å². The predicted octanol–water partition coefficient (Wildman–Crippen LogP) is 1.31. The number of likely N-dealkylation sites (N-methyl/N-ethyl adjacent to an activating group) is 1. The highest BCUT2D eigenvalue weighted by Gasteiger charge is 2.28. The van der Waals surface area contributed by atoms with Crippen LogP contribution in [0.2, 0.25) is 0 Å². The second-order valence-electron chi connectivity index (χ2n) is 5.56. The lowest BCUT2D eigenvalue weighted by molar-refractivity contribution is -0.143. The molecule has 0 heterocycles. The Bertz CT molecular complexity index is 266. The van der Waals surface area contributed by atoms with Crippen LogP contribution in [0.3, 0.4) is 0 Å². The lowest BCUT2D eigenvalue weighted by Gasteiger charge is -2.28. The van der Waals surface area contributed by atoms with E-state index >= 15 is 0 Å². The molecule has 0 aromatic heterocycles. The summed E-state index contributed by atoms with van der Waals surface area (Å²) in [7, 11) is 2.18. The summed E-state index contributed by atoms with van der Waals surface area (Å²) in [6.07, 6.45) is 6.55. The van der Waals surface area contributed by atoms with Gasteiger partial charge in [0.15, 0.2) is 0 Å². The van der Waals surface area contributed by atoms with Crippen LogP contribution in [0.25, 0.3) is 0 Å². The molecule has 0 aromatic carbocycles. The number of hydrogen-bond donors (Lipinski definition) is 2. The molecule has 2 aliphatic rings. The van der Waals surface area contributed by atoms with Gasteiger partial charge in [-0.05, 0) is 39.2 Å². The number of hydrogen-bond acceptors (Lipinski definition) is 3. The molecule has 4 nitrogen and oxygen atoms in total. The minimum Gasteiger partial charge on any atom is -0.481 e. The molecule has 0 aliphatic heterocycles. The van der Waals surface area contributed by atoms with Gasteiger partial charge >= 0.3 is 5.97 Å². The van der Waals surface area contributed by atoms with E-state index in [0.29, 0.717) is 6.04 Å². The molecule has 0 aromatic rings. The van der Waals surface area contributed by atoms with E-state index in [-0.39, 0.29) is 5.92 Å². The first-order valence-corrected chi connectivity index (χ1v) is 6.83. The first kappa shape index (κ1) is 12.8. The van der Waals surface area contributed by atoms with Gasteiger partial charge in [0.25, 0.3) is 0 Å². The Balaban J connectivity index is 1.62. The smallest absolute Gasteiger partial charge is 0.306 e. The van der Waals surface area contributed by atoms with Crippen LogP contribution < -0.4 is 5.32 Å². The number of rotatable bonds is 6. The molecule has 0 spiro atoms. The van der Waals surface area contributed by atoms with Crippen LogP contribution in [0.15, 0.2) is 0 Å². The highest BCUT2D eigenvalue weighted by molar-refractivity contribution is 5.70. The number of aliphatic carboxylic acids is 1. The lowest BCUT2D eigenvalue weighted by Crippen LogP contribution is -2.40. The van der Waals surface area contributed by atoms with Gasteiger partial charge in [0.1, 0.15) is 0 Å². The third-order valence-electron chi connectivity index (χ3n) is 4.09. The first-order valence-electron chi connectivity index (χ1n) is 6.83. The van der Waals surface area contributed by atoms with Crippen LogP contribution in [0.5, 0.6) is 0 Å². The zero-order valence-corrected chi connectivity index (χ0v) is 10.7. The number of carboxylic acid groups (broad SMARTS) is 1. The molecule has 2 aliphatic carbocycles. The molecule has 2 rings (SSSR count). The Labute approximate surface area is 103 Å². The molecule has 4 heteroatoms. The van der Waals surface area contributed by atoms with E-state index in [0.717, 1.165) is 44.8 Å². The normalized spacial score (nSPS) is 29.5. The van der Waals surface area contributed by atoms with Crippen LogP contribution in [0.4, 0.5) is 0 Å². The number of carboxylic acids is 1. The lowest BCUT2D eigenvalue weighted by atomic mass is 9.86. The molecule has 0 amide bonds. The van der Waals surface area contributed by atoms with Gasteiger partial charge in [0, 0.05) is 25.2 Å². The fourth-order valence-corrected chi connectivity index (χ4v) is 2.74. The van der Waals surface area contributed by atoms with Crippen LogP contribution >= 0.6 is 0 Å². The van der Waals surface area contributed by atoms with Crippen LogP contribution in [0, 0.1) is 5.92 Å². The Morgan fingerprint density at radius 3 is 2.76 bits per heavy atom. The molecular formula is C13H24N2O2. The summed E-state index contributed by atoms with van der Waals surface area (Å²) in [6.45, 7) is 2.07. The summed E-state index contributed by atoms with van der Waals surface area (Å²) < 4.78 is 0. The van der Waals surface area contributed by atoms with Gasteiger partial charge in [-0.15, -0.1) is 0 Å². The van der Waals surface area contributed by atoms with Gasteiger partial charge in [0.05, 0.1) is 5.92 Å². The van der Waals surface area contributed by atoms with Gasteiger partial charge in [-0.2, -0.15) is 0 Å². The maximum atomic E-state index is 10.9. The number of nitrogens with zero attached hydrogens (tertiary/aromatic N) is 1. The van der Waals surface area contributed by atoms with Crippen molar-refractivity contribution < 1.29 is 9.90 Å². The maximum absolute atomic E-state index is 10.9. The Morgan fingerprint density at radius 2 is 2.12 bits per heavy atom. The fourth-order valence-electron chi connectivity index (χ4n) is 2.74. The summed E-state index contributed by atoms with van der Waals surface area (Å²) in [5.41, 5.74) is 0. The van der Waals surface area contributed by atoms with Gasteiger partial charge in [-0.3, -0.25) is 4.79 Å². The highest BCUT2D eigenvalue weighted by Crippen LogP contribution is 2.25. The molecule has 98 valence electrons. The van der Waals surface area contributed by atoms with Gasteiger partial charge in [-0.1, -0.05) is 6.42 Å².